The molecular weight excluding hydrogens is 291 g/mol. The highest BCUT2D eigenvalue weighted by Gasteiger charge is 2.30. The molecule has 0 fully saturated rings. The standard InChI is InChI=1S/C12H10F3N3OS/c1-7(17)10(6-16)11(20)18-8-2-4-9(5-3-8)19-12(13,14)15/h2-5H,17H2,1H3,(H,18,20)/b10-7+. The van der Waals surface area contributed by atoms with E-state index in [0.29, 0.717) is 5.69 Å². The summed E-state index contributed by atoms with van der Waals surface area (Å²) >= 11 is 4.97. The molecule has 0 atom stereocenters. The number of nitrogens with one attached hydrogen (secondary N) is 1. The van der Waals surface area contributed by atoms with Crippen molar-refractivity contribution in [2.75, 3.05) is 5.32 Å². The van der Waals surface area contributed by atoms with E-state index in [0.717, 1.165) is 12.1 Å². The number of halogens is 3. The van der Waals surface area contributed by atoms with E-state index in [1.54, 1.807) is 0 Å². The first kappa shape index (κ1) is 15.8. The Morgan fingerprint density at radius 3 is 2.30 bits per heavy atom. The molecule has 0 saturated heterocycles. The van der Waals surface area contributed by atoms with E-state index in [-0.39, 0.29) is 22.0 Å². The van der Waals surface area contributed by atoms with Gasteiger partial charge < -0.3 is 15.8 Å². The summed E-state index contributed by atoms with van der Waals surface area (Å²) < 4.78 is 39.7. The lowest BCUT2D eigenvalue weighted by Gasteiger charge is -2.11. The Morgan fingerprint density at radius 1 is 1.35 bits per heavy atom. The van der Waals surface area contributed by atoms with E-state index in [1.165, 1.54) is 19.1 Å². The first-order valence-corrected chi connectivity index (χ1v) is 5.67. The SMILES string of the molecule is C/C(N)=C(/C#N)C(=S)Nc1ccc(OC(F)(F)F)cc1. The van der Waals surface area contributed by atoms with Crippen LogP contribution in [0.1, 0.15) is 6.92 Å². The number of anilines is 1. The molecule has 4 nitrogen and oxygen atoms in total. The number of nitrogens with zero attached hydrogens (tertiary/aromatic N) is 1. The minimum absolute atomic E-state index is 0.0944. The molecule has 0 aliphatic rings. The van der Waals surface area contributed by atoms with Gasteiger partial charge in [0, 0.05) is 11.4 Å². The van der Waals surface area contributed by atoms with E-state index >= 15 is 0 Å². The van der Waals surface area contributed by atoms with Crippen molar-refractivity contribution >= 4 is 22.9 Å². The van der Waals surface area contributed by atoms with Crippen molar-refractivity contribution in [1.82, 2.24) is 0 Å². The maximum Gasteiger partial charge on any atom is 0.573 e. The second kappa shape index (κ2) is 6.25. The zero-order valence-electron chi connectivity index (χ0n) is 10.3. The van der Waals surface area contributed by atoms with E-state index < -0.39 is 6.36 Å². The first-order valence-electron chi connectivity index (χ1n) is 5.26. The van der Waals surface area contributed by atoms with Crippen LogP contribution in [0, 0.1) is 11.3 Å². The molecule has 3 N–H and O–H groups in total. The summed E-state index contributed by atoms with van der Waals surface area (Å²) in [4.78, 5) is 0.0944. The van der Waals surface area contributed by atoms with Crippen LogP contribution >= 0.6 is 12.2 Å². The average Bonchev–Trinajstić information content (AvgIpc) is 2.30. The van der Waals surface area contributed by atoms with Crippen LogP contribution in [0.4, 0.5) is 18.9 Å². The maximum atomic E-state index is 12.0. The van der Waals surface area contributed by atoms with Crippen LogP contribution in [0.2, 0.25) is 0 Å². The topological polar surface area (TPSA) is 71.1 Å². The lowest BCUT2D eigenvalue weighted by molar-refractivity contribution is -0.274. The van der Waals surface area contributed by atoms with Crippen LogP contribution < -0.4 is 15.8 Å². The highest BCUT2D eigenvalue weighted by Crippen LogP contribution is 2.24. The number of hydrogen-bond donors (Lipinski definition) is 2. The van der Waals surface area contributed by atoms with Gasteiger partial charge in [0.25, 0.3) is 0 Å². The van der Waals surface area contributed by atoms with Gasteiger partial charge in [-0.3, -0.25) is 0 Å². The van der Waals surface area contributed by atoms with Gasteiger partial charge in [0.05, 0.1) is 0 Å². The minimum Gasteiger partial charge on any atom is -0.406 e. The summed E-state index contributed by atoms with van der Waals surface area (Å²) in [6.07, 6.45) is -4.74. The van der Waals surface area contributed by atoms with Crippen molar-refractivity contribution in [1.29, 1.82) is 5.26 Å². The van der Waals surface area contributed by atoms with E-state index in [1.807, 2.05) is 6.07 Å². The molecule has 1 aromatic rings. The second-order valence-electron chi connectivity index (χ2n) is 3.70. The molecule has 0 aliphatic carbocycles. The number of allylic oxidation sites excluding steroid dienone is 1. The largest absolute Gasteiger partial charge is 0.573 e. The fourth-order valence-corrected chi connectivity index (χ4v) is 1.58. The molecule has 0 unspecified atom stereocenters. The summed E-state index contributed by atoms with van der Waals surface area (Å²) in [7, 11) is 0. The third-order valence-corrected chi connectivity index (χ3v) is 2.39. The Kier molecular flexibility index (Phi) is 4.94. The van der Waals surface area contributed by atoms with E-state index in [2.05, 4.69) is 10.1 Å². The zero-order valence-corrected chi connectivity index (χ0v) is 11.1. The van der Waals surface area contributed by atoms with Crippen molar-refractivity contribution in [3.05, 3.63) is 35.5 Å². The Hall–Kier alpha value is -2.27. The lowest BCUT2D eigenvalue weighted by atomic mass is 10.2. The molecule has 0 amide bonds. The van der Waals surface area contributed by atoms with Gasteiger partial charge in [0.15, 0.2) is 0 Å². The van der Waals surface area contributed by atoms with Crippen LogP contribution in [-0.2, 0) is 0 Å². The molecule has 0 saturated carbocycles. The molecule has 0 radical (unpaired) electrons. The summed E-state index contributed by atoms with van der Waals surface area (Å²) in [5.74, 6) is -0.347. The summed E-state index contributed by atoms with van der Waals surface area (Å²) in [6.45, 7) is 1.52. The monoisotopic (exact) mass is 301 g/mol. The Bertz CT molecular complexity index is 569. The number of rotatable bonds is 3. The van der Waals surface area contributed by atoms with Gasteiger partial charge in [0.2, 0.25) is 0 Å². The van der Waals surface area contributed by atoms with Gasteiger partial charge in [-0.1, -0.05) is 12.2 Å². The number of nitriles is 1. The molecule has 1 aromatic carbocycles. The fraction of sp³-hybridized carbons (Fsp3) is 0.167. The predicted molar refractivity (Wildman–Crippen MR) is 71.8 cm³/mol. The number of alkyl halides is 3. The molecule has 0 bridgehead atoms. The van der Waals surface area contributed by atoms with Gasteiger partial charge in [-0.2, -0.15) is 5.26 Å². The molecule has 0 aliphatic heterocycles. The molecule has 0 spiro atoms. The fourth-order valence-electron chi connectivity index (χ4n) is 1.25. The van der Waals surface area contributed by atoms with E-state index in [4.69, 9.17) is 23.2 Å². The highest BCUT2D eigenvalue weighted by molar-refractivity contribution is 7.81. The molecule has 0 heterocycles. The Labute approximate surface area is 118 Å². The molecule has 1 rings (SSSR count). The molecule has 20 heavy (non-hydrogen) atoms. The van der Waals surface area contributed by atoms with Gasteiger partial charge in [-0.25, -0.2) is 0 Å². The number of thiocarbonyl (C=S) groups is 1. The lowest BCUT2D eigenvalue weighted by Crippen LogP contribution is -2.17. The molecule has 8 heteroatoms. The van der Waals surface area contributed by atoms with Gasteiger partial charge in [-0.15, -0.1) is 13.2 Å². The van der Waals surface area contributed by atoms with Crippen LogP contribution in [0.25, 0.3) is 0 Å². The van der Waals surface area contributed by atoms with E-state index in [9.17, 15) is 13.2 Å². The number of benzene rings is 1. The molecule has 106 valence electrons. The summed E-state index contributed by atoms with van der Waals surface area (Å²) in [5, 5.41) is 11.6. The van der Waals surface area contributed by atoms with Crippen LogP contribution in [0.5, 0.6) is 5.75 Å². The number of ether oxygens (including phenoxy) is 1. The highest BCUT2D eigenvalue weighted by atomic mass is 32.1. The molecule has 0 aromatic heterocycles. The zero-order chi connectivity index (χ0) is 15.3. The number of nitrogens with two attached hydrogens (primary N) is 1. The quantitative estimate of drug-likeness (QED) is 0.510. The Balaban J connectivity index is 2.79. The second-order valence-corrected chi connectivity index (χ2v) is 4.10. The van der Waals surface area contributed by atoms with Gasteiger partial charge in [-0.05, 0) is 31.2 Å². The van der Waals surface area contributed by atoms with Crippen LogP contribution in [-0.4, -0.2) is 11.4 Å². The Morgan fingerprint density at radius 2 is 1.90 bits per heavy atom. The predicted octanol–water partition coefficient (Wildman–Crippen LogP) is 3.08. The minimum atomic E-state index is -4.74. The van der Waals surface area contributed by atoms with Gasteiger partial charge >= 0.3 is 6.36 Å². The van der Waals surface area contributed by atoms with Crippen molar-refractivity contribution < 1.29 is 17.9 Å². The molecular formula is C12H10F3N3OS. The van der Waals surface area contributed by atoms with Crippen LogP contribution in [0.3, 0.4) is 0 Å². The van der Waals surface area contributed by atoms with Crippen LogP contribution in [0.15, 0.2) is 35.5 Å². The summed E-state index contributed by atoms with van der Waals surface area (Å²) in [5.41, 5.74) is 6.25. The van der Waals surface area contributed by atoms with Crippen molar-refractivity contribution in [3.63, 3.8) is 0 Å². The first-order chi connectivity index (χ1) is 9.23. The van der Waals surface area contributed by atoms with Crippen molar-refractivity contribution in [2.45, 2.75) is 13.3 Å². The normalized spacial score (nSPS) is 12.2. The van der Waals surface area contributed by atoms with Gasteiger partial charge in [0.1, 0.15) is 22.4 Å². The van der Waals surface area contributed by atoms with Crippen molar-refractivity contribution in [3.8, 4) is 11.8 Å². The third kappa shape index (κ3) is 4.78. The maximum absolute atomic E-state index is 12.0. The smallest absolute Gasteiger partial charge is 0.406 e. The average molecular weight is 301 g/mol. The van der Waals surface area contributed by atoms with Crippen molar-refractivity contribution in [2.24, 2.45) is 5.73 Å². The summed E-state index contributed by atoms with van der Waals surface area (Å²) in [6, 6.07) is 6.78. The number of hydrogen-bond acceptors (Lipinski definition) is 4. The third-order valence-electron chi connectivity index (χ3n) is 2.08.